The Morgan fingerprint density at radius 1 is 1.19 bits per heavy atom. The van der Waals surface area contributed by atoms with Crippen LogP contribution in [-0.2, 0) is 14.3 Å². The predicted molar refractivity (Wildman–Crippen MR) is 104 cm³/mol. The lowest BCUT2D eigenvalue weighted by molar-refractivity contribution is -0.149. The second-order valence-electron chi connectivity index (χ2n) is 6.41. The van der Waals surface area contributed by atoms with Gasteiger partial charge in [0.2, 0.25) is 0 Å². The number of aliphatic imine (C=N–C) groups is 1. The molecule has 1 fully saturated rings. The van der Waals surface area contributed by atoms with Crippen LogP contribution >= 0.6 is 0 Å². The van der Waals surface area contributed by atoms with Crippen LogP contribution in [0.2, 0.25) is 0 Å². The number of nitrogens with zero attached hydrogens (tertiary/aromatic N) is 2. The minimum atomic E-state index is -1.15. The molecule has 3 rings (SSSR count). The molecule has 0 saturated carbocycles. The second-order valence-corrected chi connectivity index (χ2v) is 6.41. The lowest BCUT2D eigenvalue weighted by Crippen LogP contribution is -2.50. The first-order chi connectivity index (χ1) is 13.0. The minimum absolute atomic E-state index is 0.163. The van der Waals surface area contributed by atoms with Crippen LogP contribution in [0.1, 0.15) is 20.3 Å². The molecule has 1 atom stereocenters. The Morgan fingerprint density at radius 3 is 2.59 bits per heavy atom. The van der Waals surface area contributed by atoms with E-state index in [1.807, 2.05) is 18.2 Å². The first-order valence-corrected chi connectivity index (χ1v) is 8.78. The van der Waals surface area contributed by atoms with E-state index in [0.29, 0.717) is 22.8 Å². The predicted octanol–water partition coefficient (Wildman–Crippen LogP) is 3.53. The van der Waals surface area contributed by atoms with Crippen LogP contribution in [0.5, 0.6) is 5.75 Å². The molecule has 0 spiro atoms. The van der Waals surface area contributed by atoms with Gasteiger partial charge in [-0.3, -0.25) is 9.69 Å². The zero-order chi connectivity index (χ0) is 19.4. The number of hydrogen-bond acceptors (Lipinski definition) is 5. The molecule has 0 aromatic heterocycles. The van der Waals surface area contributed by atoms with E-state index in [1.165, 1.54) is 4.90 Å². The maximum atomic E-state index is 13.1. The van der Waals surface area contributed by atoms with Crippen molar-refractivity contribution >= 4 is 29.0 Å². The molecule has 0 aliphatic carbocycles. The molecule has 0 N–H and O–H groups in total. The first kappa shape index (κ1) is 18.6. The number of anilines is 1. The van der Waals surface area contributed by atoms with Crippen LogP contribution in [0.3, 0.4) is 0 Å². The van der Waals surface area contributed by atoms with E-state index in [2.05, 4.69) is 4.99 Å². The van der Waals surface area contributed by atoms with Gasteiger partial charge >= 0.3 is 5.97 Å². The second kappa shape index (κ2) is 7.61. The molecule has 1 amide bonds. The molecule has 2 aromatic rings. The summed E-state index contributed by atoms with van der Waals surface area (Å²) < 4.78 is 10.5. The van der Waals surface area contributed by atoms with E-state index in [9.17, 15) is 9.59 Å². The highest BCUT2D eigenvalue weighted by molar-refractivity contribution is 6.48. The molecule has 1 aliphatic rings. The summed E-state index contributed by atoms with van der Waals surface area (Å²) in [5.74, 6) is -0.104. The summed E-state index contributed by atoms with van der Waals surface area (Å²) in [4.78, 5) is 31.8. The molecule has 1 unspecified atom stereocenters. The molecular weight excluding hydrogens is 344 g/mol. The Balaban J connectivity index is 2.04. The molecule has 27 heavy (non-hydrogen) atoms. The van der Waals surface area contributed by atoms with Gasteiger partial charge in [0.15, 0.2) is 0 Å². The third-order valence-corrected chi connectivity index (χ3v) is 4.50. The van der Waals surface area contributed by atoms with Gasteiger partial charge in [0.1, 0.15) is 17.0 Å². The van der Waals surface area contributed by atoms with Crippen molar-refractivity contribution in [3.05, 3.63) is 54.6 Å². The smallest absolute Gasteiger partial charge is 0.332 e. The van der Waals surface area contributed by atoms with E-state index in [-0.39, 0.29) is 18.9 Å². The average molecular weight is 366 g/mol. The quantitative estimate of drug-likeness (QED) is 0.759. The number of benzene rings is 2. The fourth-order valence-corrected chi connectivity index (χ4v) is 3.19. The molecule has 2 aromatic carbocycles. The van der Waals surface area contributed by atoms with E-state index in [0.717, 1.165) is 0 Å². The standard InChI is InChI=1S/C21H22N2O4/c1-4-27-20(25)21(2)14-18(22-15-9-8-12-17(13-15)26-3)19(24)23(21)16-10-6-5-7-11-16/h5-13H,4,14H2,1-3H3. The van der Waals surface area contributed by atoms with E-state index < -0.39 is 11.5 Å². The maximum Gasteiger partial charge on any atom is 0.332 e. The third-order valence-electron chi connectivity index (χ3n) is 4.50. The molecular formula is C21H22N2O4. The van der Waals surface area contributed by atoms with E-state index in [4.69, 9.17) is 9.47 Å². The topological polar surface area (TPSA) is 68.2 Å². The van der Waals surface area contributed by atoms with Crippen LogP contribution in [0.15, 0.2) is 59.6 Å². The summed E-state index contributed by atoms with van der Waals surface area (Å²) in [6.07, 6.45) is 0.163. The Morgan fingerprint density at radius 2 is 1.93 bits per heavy atom. The normalized spacial score (nSPS) is 20.8. The highest BCUT2D eigenvalue weighted by atomic mass is 16.5. The fraction of sp³-hybridized carbons (Fsp3) is 0.286. The van der Waals surface area contributed by atoms with Crippen molar-refractivity contribution in [2.75, 3.05) is 18.6 Å². The van der Waals surface area contributed by atoms with Gasteiger partial charge in [-0.2, -0.15) is 0 Å². The van der Waals surface area contributed by atoms with Crippen molar-refractivity contribution in [1.82, 2.24) is 0 Å². The number of carbonyl (C=O) groups is 2. The number of rotatable bonds is 5. The number of methoxy groups -OCH3 is 1. The summed E-state index contributed by atoms with van der Waals surface area (Å²) in [5.41, 5.74) is 0.391. The van der Waals surface area contributed by atoms with Crippen LogP contribution < -0.4 is 9.64 Å². The van der Waals surface area contributed by atoms with Gasteiger partial charge in [-0.15, -0.1) is 0 Å². The van der Waals surface area contributed by atoms with Gasteiger partial charge in [-0.1, -0.05) is 24.3 Å². The summed E-state index contributed by atoms with van der Waals surface area (Å²) in [6, 6.07) is 16.2. The van der Waals surface area contributed by atoms with Gasteiger partial charge in [-0.05, 0) is 38.1 Å². The van der Waals surface area contributed by atoms with Crippen LogP contribution in [0, 0.1) is 0 Å². The molecule has 0 radical (unpaired) electrons. The Hall–Kier alpha value is -3.15. The van der Waals surface area contributed by atoms with Crippen LogP contribution in [0.4, 0.5) is 11.4 Å². The van der Waals surface area contributed by atoms with Crippen LogP contribution in [-0.4, -0.2) is 36.8 Å². The van der Waals surface area contributed by atoms with Crippen molar-refractivity contribution in [2.45, 2.75) is 25.8 Å². The summed E-state index contributed by atoms with van der Waals surface area (Å²) in [7, 11) is 1.57. The molecule has 1 aliphatic heterocycles. The Kier molecular flexibility index (Phi) is 5.26. The van der Waals surface area contributed by atoms with Crippen molar-refractivity contribution in [1.29, 1.82) is 0 Å². The molecule has 6 nitrogen and oxygen atoms in total. The SMILES string of the molecule is CCOC(=O)C1(C)CC(=Nc2cccc(OC)c2)C(=O)N1c1ccccc1. The van der Waals surface area contributed by atoms with Gasteiger partial charge < -0.3 is 9.47 Å². The Bertz CT molecular complexity index is 879. The van der Waals surface area contributed by atoms with E-state index >= 15 is 0 Å². The summed E-state index contributed by atoms with van der Waals surface area (Å²) >= 11 is 0. The largest absolute Gasteiger partial charge is 0.497 e. The maximum absolute atomic E-state index is 13.1. The fourth-order valence-electron chi connectivity index (χ4n) is 3.19. The molecule has 6 heteroatoms. The number of ether oxygens (including phenoxy) is 2. The highest BCUT2D eigenvalue weighted by Gasteiger charge is 2.53. The van der Waals surface area contributed by atoms with E-state index in [1.54, 1.807) is 57.4 Å². The Labute approximate surface area is 158 Å². The number of hydrogen-bond donors (Lipinski definition) is 0. The molecule has 1 saturated heterocycles. The van der Waals surface area contributed by atoms with Gasteiger partial charge in [0.25, 0.3) is 5.91 Å². The number of esters is 1. The summed E-state index contributed by atoms with van der Waals surface area (Å²) in [6.45, 7) is 3.70. The summed E-state index contributed by atoms with van der Waals surface area (Å²) in [5, 5.41) is 0. The molecule has 0 bridgehead atoms. The number of para-hydroxylation sites is 1. The first-order valence-electron chi connectivity index (χ1n) is 8.78. The lowest BCUT2D eigenvalue weighted by atomic mass is 9.98. The monoisotopic (exact) mass is 366 g/mol. The molecule has 1 heterocycles. The van der Waals surface area contributed by atoms with Crippen molar-refractivity contribution in [3.63, 3.8) is 0 Å². The van der Waals surface area contributed by atoms with Gasteiger partial charge in [0.05, 0.1) is 19.4 Å². The van der Waals surface area contributed by atoms with Gasteiger partial charge in [-0.25, -0.2) is 9.79 Å². The number of amides is 1. The zero-order valence-electron chi connectivity index (χ0n) is 15.6. The third kappa shape index (κ3) is 3.56. The molecule has 140 valence electrons. The highest BCUT2D eigenvalue weighted by Crippen LogP contribution is 2.36. The van der Waals surface area contributed by atoms with Crippen molar-refractivity contribution in [3.8, 4) is 5.75 Å². The van der Waals surface area contributed by atoms with Gasteiger partial charge in [0, 0.05) is 18.2 Å². The minimum Gasteiger partial charge on any atom is -0.497 e. The number of carbonyl (C=O) groups excluding carboxylic acids is 2. The van der Waals surface area contributed by atoms with Crippen molar-refractivity contribution in [2.24, 2.45) is 4.99 Å². The average Bonchev–Trinajstić information content (AvgIpc) is 2.94. The zero-order valence-corrected chi connectivity index (χ0v) is 15.6. The van der Waals surface area contributed by atoms with Crippen LogP contribution in [0.25, 0.3) is 0 Å². The van der Waals surface area contributed by atoms with Crippen molar-refractivity contribution < 1.29 is 19.1 Å². The lowest BCUT2D eigenvalue weighted by Gasteiger charge is -2.32.